The molecule has 1 aromatic carbocycles. The van der Waals surface area contributed by atoms with Crippen molar-refractivity contribution in [1.29, 1.82) is 0 Å². The van der Waals surface area contributed by atoms with Crippen molar-refractivity contribution in [2.45, 2.75) is 44.6 Å². The Labute approximate surface area is 160 Å². The number of nitrogens with one attached hydrogen (secondary N) is 1. The molecular formula is C21H27N3O3. The summed E-state index contributed by atoms with van der Waals surface area (Å²) < 4.78 is 0. The molecular weight excluding hydrogens is 342 g/mol. The molecule has 2 fully saturated rings. The number of piperidine rings is 2. The third-order valence-corrected chi connectivity index (χ3v) is 5.42. The molecule has 2 heterocycles. The average Bonchev–Trinajstić information content (AvgIpc) is 2.70. The number of para-hydroxylation sites is 1. The molecule has 0 saturated carbocycles. The third kappa shape index (κ3) is 4.76. The van der Waals surface area contributed by atoms with E-state index in [0.29, 0.717) is 25.2 Å². The van der Waals surface area contributed by atoms with Crippen molar-refractivity contribution in [2.24, 2.45) is 0 Å². The summed E-state index contributed by atoms with van der Waals surface area (Å²) in [4.78, 5) is 40.3. The number of benzene rings is 1. The van der Waals surface area contributed by atoms with Crippen molar-refractivity contribution in [1.82, 2.24) is 9.80 Å². The lowest BCUT2D eigenvalue weighted by Gasteiger charge is -2.40. The predicted molar refractivity (Wildman–Crippen MR) is 104 cm³/mol. The summed E-state index contributed by atoms with van der Waals surface area (Å²) >= 11 is 0. The number of anilines is 1. The molecule has 6 nitrogen and oxygen atoms in total. The van der Waals surface area contributed by atoms with E-state index in [1.807, 2.05) is 28.0 Å². The van der Waals surface area contributed by atoms with E-state index in [9.17, 15) is 14.4 Å². The summed E-state index contributed by atoms with van der Waals surface area (Å²) in [6, 6.07) is 7.60. The van der Waals surface area contributed by atoms with Gasteiger partial charge < -0.3 is 15.1 Å². The van der Waals surface area contributed by atoms with Crippen molar-refractivity contribution in [3.63, 3.8) is 0 Å². The average molecular weight is 369 g/mol. The molecule has 0 spiro atoms. The Morgan fingerprint density at radius 1 is 1.15 bits per heavy atom. The van der Waals surface area contributed by atoms with Gasteiger partial charge in [0.15, 0.2) is 0 Å². The summed E-state index contributed by atoms with van der Waals surface area (Å²) in [6.45, 7) is 5.66. The Morgan fingerprint density at radius 3 is 2.59 bits per heavy atom. The number of likely N-dealkylation sites (tertiary alicyclic amines) is 2. The number of amides is 3. The van der Waals surface area contributed by atoms with Crippen molar-refractivity contribution in [3.05, 3.63) is 42.5 Å². The second-order valence-electron chi connectivity index (χ2n) is 7.18. The quantitative estimate of drug-likeness (QED) is 0.810. The maximum absolute atomic E-state index is 12.7. The minimum Gasteiger partial charge on any atom is -0.342 e. The Bertz CT molecular complexity index is 723. The highest BCUT2D eigenvalue weighted by Crippen LogP contribution is 2.23. The fraction of sp³-hybridized carbons (Fsp3) is 0.476. The van der Waals surface area contributed by atoms with Gasteiger partial charge in [-0.25, -0.2) is 0 Å². The molecule has 0 aromatic heterocycles. The first-order valence-electron chi connectivity index (χ1n) is 9.67. The van der Waals surface area contributed by atoms with Gasteiger partial charge in [-0.3, -0.25) is 14.4 Å². The maximum atomic E-state index is 12.7. The predicted octanol–water partition coefficient (Wildman–Crippen LogP) is 2.36. The van der Waals surface area contributed by atoms with E-state index < -0.39 is 0 Å². The molecule has 144 valence electrons. The van der Waals surface area contributed by atoms with Crippen LogP contribution in [0.5, 0.6) is 0 Å². The van der Waals surface area contributed by atoms with Gasteiger partial charge in [0, 0.05) is 37.8 Å². The normalized spacial score (nSPS) is 18.3. The van der Waals surface area contributed by atoms with Crippen LogP contribution in [0.4, 0.5) is 5.69 Å². The Balaban J connectivity index is 1.56. The molecule has 27 heavy (non-hydrogen) atoms. The largest absolute Gasteiger partial charge is 0.342 e. The van der Waals surface area contributed by atoms with Crippen LogP contribution in [0.25, 0.3) is 0 Å². The molecule has 0 radical (unpaired) electrons. The van der Waals surface area contributed by atoms with Crippen molar-refractivity contribution in [3.8, 4) is 0 Å². The Morgan fingerprint density at radius 2 is 1.89 bits per heavy atom. The van der Waals surface area contributed by atoms with Crippen LogP contribution < -0.4 is 5.32 Å². The van der Waals surface area contributed by atoms with Crippen molar-refractivity contribution >= 4 is 23.4 Å². The lowest BCUT2D eigenvalue weighted by molar-refractivity contribution is -0.138. The van der Waals surface area contributed by atoms with E-state index in [0.717, 1.165) is 37.8 Å². The lowest BCUT2D eigenvalue weighted by Crippen LogP contribution is -2.50. The molecule has 2 aliphatic heterocycles. The maximum Gasteiger partial charge on any atom is 0.247 e. The molecule has 0 unspecified atom stereocenters. The lowest BCUT2D eigenvalue weighted by atomic mass is 9.99. The Kier molecular flexibility index (Phi) is 6.27. The Hall–Kier alpha value is -2.63. The smallest absolute Gasteiger partial charge is 0.247 e. The number of carbonyl (C=O) groups is 3. The van der Waals surface area contributed by atoms with Gasteiger partial charge in [0.05, 0.1) is 6.42 Å². The van der Waals surface area contributed by atoms with E-state index in [2.05, 4.69) is 11.9 Å². The van der Waals surface area contributed by atoms with Gasteiger partial charge in [0.1, 0.15) is 0 Å². The number of carbonyl (C=O) groups excluding carboxylic acids is 3. The minimum atomic E-state index is -0.290. The molecule has 1 aromatic rings. The number of nitrogens with zero attached hydrogens (tertiary/aromatic N) is 2. The molecule has 6 heteroatoms. The zero-order valence-electron chi connectivity index (χ0n) is 15.7. The molecule has 2 saturated heterocycles. The zero-order valence-corrected chi connectivity index (χ0v) is 15.7. The number of hydrogen-bond acceptors (Lipinski definition) is 3. The molecule has 3 rings (SSSR count). The highest BCUT2D eigenvalue weighted by atomic mass is 16.2. The SMILES string of the molecule is C=CC(=O)Nc1ccccc1CC(=O)N1CCC(N2CCCCC2=O)CC1. The summed E-state index contributed by atoms with van der Waals surface area (Å²) in [5, 5.41) is 2.75. The molecule has 0 aliphatic carbocycles. The molecule has 1 N–H and O–H groups in total. The van der Waals surface area contributed by atoms with Crippen molar-refractivity contribution in [2.75, 3.05) is 25.0 Å². The first kappa shape index (κ1) is 19.1. The summed E-state index contributed by atoms with van der Waals surface area (Å²) in [5.41, 5.74) is 1.44. The topological polar surface area (TPSA) is 69.7 Å². The van der Waals surface area contributed by atoms with Gasteiger partial charge in [0.2, 0.25) is 17.7 Å². The standard InChI is InChI=1S/C21H27N3O3/c1-2-19(25)22-18-8-4-3-7-16(18)15-21(27)23-13-10-17(11-14-23)24-12-6-5-9-20(24)26/h2-4,7-8,17H,1,5-6,9-15H2,(H,22,25). The highest BCUT2D eigenvalue weighted by molar-refractivity contribution is 5.99. The van der Waals surface area contributed by atoms with Crippen LogP contribution in [-0.4, -0.2) is 53.2 Å². The van der Waals surface area contributed by atoms with Crippen LogP contribution in [0.3, 0.4) is 0 Å². The van der Waals surface area contributed by atoms with Crippen LogP contribution in [0.2, 0.25) is 0 Å². The number of hydrogen-bond donors (Lipinski definition) is 1. The zero-order chi connectivity index (χ0) is 19.2. The van der Waals surface area contributed by atoms with Gasteiger partial charge in [-0.2, -0.15) is 0 Å². The van der Waals surface area contributed by atoms with Gasteiger partial charge >= 0.3 is 0 Å². The fourth-order valence-corrected chi connectivity index (χ4v) is 3.89. The van der Waals surface area contributed by atoms with Crippen LogP contribution in [0.15, 0.2) is 36.9 Å². The van der Waals surface area contributed by atoms with E-state index in [1.165, 1.54) is 6.08 Å². The van der Waals surface area contributed by atoms with Gasteiger partial charge in [-0.1, -0.05) is 24.8 Å². The van der Waals surface area contributed by atoms with Gasteiger partial charge in [-0.05, 0) is 43.4 Å². The van der Waals surface area contributed by atoms with Crippen molar-refractivity contribution < 1.29 is 14.4 Å². The van der Waals surface area contributed by atoms with Gasteiger partial charge in [0.25, 0.3) is 0 Å². The van der Waals surface area contributed by atoms with Crippen LogP contribution >= 0.6 is 0 Å². The first-order chi connectivity index (χ1) is 13.1. The van der Waals surface area contributed by atoms with Crippen LogP contribution in [-0.2, 0) is 20.8 Å². The molecule has 0 atom stereocenters. The van der Waals surface area contributed by atoms with Crippen LogP contribution in [0.1, 0.15) is 37.7 Å². The first-order valence-corrected chi connectivity index (χ1v) is 9.67. The molecule has 0 bridgehead atoms. The second kappa shape index (κ2) is 8.84. The minimum absolute atomic E-state index is 0.0544. The molecule has 2 aliphatic rings. The van der Waals surface area contributed by atoms with E-state index in [-0.39, 0.29) is 30.2 Å². The summed E-state index contributed by atoms with van der Waals surface area (Å²) in [7, 11) is 0. The third-order valence-electron chi connectivity index (χ3n) is 5.42. The summed E-state index contributed by atoms with van der Waals surface area (Å²) in [6.07, 6.45) is 5.88. The number of rotatable bonds is 5. The van der Waals surface area contributed by atoms with Crippen LogP contribution in [0, 0.1) is 0 Å². The van der Waals surface area contributed by atoms with E-state index >= 15 is 0 Å². The fourth-order valence-electron chi connectivity index (χ4n) is 3.89. The van der Waals surface area contributed by atoms with E-state index in [4.69, 9.17) is 0 Å². The van der Waals surface area contributed by atoms with E-state index in [1.54, 1.807) is 6.07 Å². The summed E-state index contributed by atoms with van der Waals surface area (Å²) in [5.74, 6) is 0.0264. The highest BCUT2D eigenvalue weighted by Gasteiger charge is 2.30. The monoisotopic (exact) mass is 369 g/mol. The molecule has 3 amide bonds. The van der Waals surface area contributed by atoms with Gasteiger partial charge in [-0.15, -0.1) is 0 Å². The second-order valence-corrected chi connectivity index (χ2v) is 7.18.